The van der Waals surface area contributed by atoms with Crippen LogP contribution in [-0.2, 0) is 4.57 Å². The number of nitrogens with zero attached hydrogens (tertiary/aromatic N) is 2. The standard InChI is InChI=1S/C55H35N2OP/c58-59(40-23-8-3-9-24-40)50-32-16-30-48-53(50)57(55(56-48)38-20-6-2-7-21-38)49-31-15-28-42(54(49)59)39-33-34-46-47(35-39)52(43-29-14-22-36-17-10-11-25-41(36)43)45-27-13-12-26-44(45)51(46)37-18-4-1-5-19-37/h1-35H. The summed E-state index contributed by atoms with van der Waals surface area (Å²) in [5.74, 6) is 0.835. The van der Waals surface area contributed by atoms with Crippen molar-refractivity contribution in [1.29, 1.82) is 0 Å². The van der Waals surface area contributed by atoms with E-state index in [0.29, 0.717) is 0 Å². The minimum Gasteiger partial charge on any atom is -0.308 e. The van der Waals surface area contributed by atoms with E-state index in [2.05, 4.69) is 156 Å². The predicted molar refractivity (Wildman–Crippen MR) is 248 cm³/mol. The molecule has 1 aromatic heterocycles. The molecule has 0 saturated heterocycles. The molecule has 0 radical (unpaired) electrons. The SMILES string of the molecule is O=P1(c2ccccc2)c2c(-c3ccc4c(-c5ccccc5)c5ccccc5c(-c5cccc6ccccc56)c4c3)cccc2-n2c(-c3ccccc3)nc3cccc1c32. The lowest BCUT2D eigenvalue weighted by Gasteiger charge is -2.31. The Morgan fingerprint density at radius 2 is 1.02 bits per heavy atom. The highest BCUT2D eigenvalue weighted by molar-refractivity contribution is 7.86. The monoisotopic (exact) mass is 770 g/mol. The summed E-state index contributed by atoms with van der Waals surface area (Å²) in [6.45, 7) is 0. The van der Waals surface area contributed by atoms with Gasteiger partial charge in [-0.2, -0.15) is 0 Å². The third-order valence-corrected chi connectivity index (χ3v) is 15.3. The van der Waals surface area contributed by atoms with Gasteiger partial charge in [0.05, 0.1) is 22.0 Å². The number of para-hydroxylation sites is 1. The van der Waals surface area contributed by atoms with E-state index >= 15 is 4.57 Å². The quantitative estimate of drug-likeness (QED) is 0.129. The fourth-order valence-corrected chi connectivity index (χ4v) is 12.9. The van der Waals surface area contributed by atoms with E-state index < -0.39 is 7.14 Å². The number of hydrogen-bond acceptors (Lipinski definition) is 2. The lowest BCUT2D eigenvalue weighted by atomic mass is 9.83. The molecular weight excluding hydrogens is 736 g/mol. The van der Waals surface area contributed by atoms with Crippen LogP contribution in [0.1, 0.15) is 0 Å². The number of imidazole rings is 1. The molecule has 3 nitrogen and oxygen atoms in total. The molecule has 276 valence electrons. The molecule has 1 unspecified atom stereocenters. The second-order valence-corrected chi connectivity index (χ2v) is 18.0. The molecule has 11 aromatic rings. The van der Waals surface area contributed by atoms with Gasteiger partial charge in [0.15, 0.2) is 7.14 Å². The zero-order valence-corrected chi connectivity index (χ0v) is 32.9. The summed E-state index contributed by atoms with van der Waals surface area (Å²) in [7, 11) is -3.47. The van der Waals surface area contributed by atoms with E-state index in [-0.39, 0.29) is 0 Å². The van der Waals surface area contributed by atoms with Crippen LogP contribution in [0.15, 0.2) is 212 Å². The first-order valence-corrected chi connectivity index (χ1v) is 21.8. The van der Waals surface area contributed by atoms with Crippen LogP contribution < -0.4 is 15.9 Å². The Morgan fingerprint density at radius 1 is 0.424 bits per heavy atom. The molecule has 0 aliphatic carbocycles. The summed E-state index contributed by atoms with van der Waals surface area (Å²) in [4.78, 5) is 5.24. The van der Waals surface area contributed by atoms with Crippen LogP contribution in [0.4, 0.5) is 0 Å². The fraction of sp³-hybridized carbons (Fsp3) is 0. The molecule has 12 rings (SSSR count). The van der Waals surface area contributed by atoms with Crippen LogP contribution >= 0.6 is 7.14 Å². The maximum Gasteiger partial charge on any atom is 0.175 e. The van der Waals surface area contributed by atoms with Gasteiger partial charge in [0.2, 0.25) is 0 Å². The van der Waals surface area contributed by atoms with Gasteiger partial charge in [0.25, 0.3) is 0 Å². The smallest absolute Gasteiger partial charge is 0.175 e. The van der Waals surface area contributed by atoms with Crippen LogP contribution in [0, 0.1) is 0 Å². The van der Waals surface area contributed by atoms with Gasteiger partial charge >= 0.3 is 0 Å². The Hall–Kier alpha value is -7.32. The summed E-state index contributed by atoms with van der Waals surface area (Å²) < 4.78 is 18.9. The average molecular weight is 771 g/mol. The first-order chi connectivity index (χ1) is 29.2. The van der Waals surface area contributed by atoms with Crippen molar-refractivity contribution in [1.82, 2.24) is 9.55 Å². The molecule has 0 N–H and O–H groups in total. The van der Waals surface area contributed by atoms with E-state index in [1.807, 2.05) is 60.7 Å². The van der Waals surface area contributed by atoms with E-state index in [0.717, 1.165) is 60.5 Å². The van der Waals surface area contributed by atoms with Crippen molar-refractivity contribution in [3.8, 4) is 50.5 Å². The third-order valence-electron chi connectivity index (χ3n) is 12.2. The summed E-state index contributed by atoms with van der Waals surface area (Å²) in [5, 5.41) is 9.58. The first-order valence-electron chi connectivity index (χ1n) is 20.1. The molecule has 1 aliphatic rings. The zero-order valence-electron chi connectivity index (χ0n) is 32.0. The largest absolute Gasteiger partial charge is 0.308 e. The van der Waals surface area contributed by atoms with Crippen molar-refractivity contribution in [3.63, 3.8) is 0 Å². The molecule has 0 bridgehead atoms. The first kappa shape index (κ1) is 33.8. The Balaban J connectivity index is 1.22. The second-order valence-electron chi connectivity index (χ2n) is 15.3. The van der Waals surface area contributed by atoms with Gasteiger partial charge in [-0.25, -0.2) is 4.98 Å². The number of benzene rings is 10. The van der Waals surface area contributed by atoms with Gasteiger partial charge in [-0.3, -0.25) is 4.57 Å². The number of hydrogen-bond donors (Lipinski definition) is 0. The maximum absolute atomic E-state index is 16.7. The number of aromatic nitrogens is 2. The van der Waals surface area contributed by atoms with Gasteiger partial charge in [0.1, 0.15) is 5.82 Å². The number of rotatable bonds is 5. The van der Waals surface area contributed by atoms with Crippen molar-refractivity contribution in [2.45, 2.75) is 0 Å². The molecule has 0 fully saturated rings. The summed E-state index contributed by atoms with van der Waals surface area (Å²) in [6.07, 6.45) is 0. The highest BCUT2D eigenvalue weighted by atomic mass is 31.2. The molecule has 4 heteroatoms. The van der Waals surface area contributed by atoms with Gasteiger partial charge in [-0.15, -0.1) is 0 Å². The van der Waals surface area contributed by atoms with Crippen molar-refractivity contribution < 1.29 is 4.57 Å². The molecule has 1 atom stereocenters. The van der Waals surface area contributed by atoms with E-state index in [1.54, 1.807) is 0 Å². The maximum atomic E-state index is 16.7. The average Bonchev–Trinajstić information content (AvgIpc) is 3.71. The van der Waals surface area contributed by atoms with E-state index in [9.17, 15) is 0 Å². The molecule has 1 aliphatic heterocycles. The minimum atomic E-state index is -3.47. The molecule has 0 saturated carbocycles. The molecule has 0 amide bonds. The van der Waals surface area contributed by atoms with Crippen molar-refractivity contribution in [2.75, 3.05) is 0 Å². The Bertz CT molecular complexity index is 3510. The van der Waals surface area contributed by atoms with Crippen LogP contribution in [0.3, 0.4) is 0 Å². The minimum absolute atomic E-state index is 0.810. The molecule has 0 spiro atoms. The van der Waals surface area contributed by atoms with Crippen LogP contribution in [-0.4, -0.2) is 9.55 Å². The van der Waals surface area contributed by atoms with Gasteiger partial charge < -0.3 is 4.57 Å². The molecule has 59 heavy (non-hydrogen) atoms. The zero-order chi connectivity index (χ0) is 39.1. The highest BCUT2D eigenvalue weighted by Gasteiger charge is 2.42. The molecular formula is C55H35N2OP. The summed E-state index contributed by atoms with van der Waals surface area (Å²) in [6, 6.07) is 74.7. The lowest BCUT2D eigenvalue weighted by molar-refractivity contribution is 0.592. The van der Waals surface area contributed by atoms with Crippen LogP contribution in [0.2, 0.25) is 0 Å². The fourth-order valence-electron chi connectivity index (χ4n) is 9.68. The summed E-state index contributed by atoms with van der Waals surface area (Å²) in [5.41, 5.74) is 10.4. The topological polar surface area (TPSA) is 34.9 Å². The Morgan fingerprint density at radius 3 is 1.80 bits per heavy atom. The van der Waals surface area contributed by atoms with Crippen LogP contribution in [0.25, 0.3) is 93.8 Å². The number of fused-ring (bicyclic) bond motifs is 5. The normalized spacial score (nSPS) is 14.6. The Kier molecular flexibility index (Phi) is 7.51. The second kappa shape index (κ2) is 13.1. The third kappa shape index (κ3) is 4.96. The summed E-state index contributed by atoms with van der Waals surface area (Å²) >= 11 is 0. The van der Waals surface area contributed by atoms with Gasteiger partial charge in [-0.05, 0) is 90.0 Å². The molecule has 10 aromatic carbocycles. The van der Waals surface area contributed by atoms with E-state index in [4.69, 9.17) is 4.98 Å². The van der Waals surface area contributed by atoms with Crippen molar-refractivity contribution >= 4 is 66.4 Å². The van der Waals surface area contributed by atoms with Crippen molar-refractivity contribution in [2.24, 2.45) is 0 Å². The van der Waals surface area contributed by atoms with Crippen molar-refractivity contribution in [3.05, 3.63) is 212 Å². The Labute approximate surface area is 341 Å². The van der Waals surface area contributed by atoms with Gasteiger partial charge in [-0.1, -0.05) is 188 Å². The highest BCUT2D eigenvalue weighted by Crippen LogP contribution is 2.53. The lowest BCUT2D eigenvalue weighted by Crippen LogP contribution is -2.34. The predicted octanol–water partition coefficient (Wildman–Crippen LogP) is 13.1. The van der Waals surface area contributed by atoms with Crippen LogP contribution in [0.5, 0.6) is 0 Å². The molecule has 2 heterocycles. The van der Waals surface area contributed by atoms with Gasteiger partial charge in [0, 0.05) is 16.2 Å². The van der Waals surface area contributed by atoms with E-state index in [1.165, 1.54) is 49.2 Å².